The van der Waals surface area contributed by atoms with E-state index in [-0.39, 0.29) is 23.3 Å². The third kappa shape index (κ3) is 1.62. The zero-order valence-electron chi connectivity index (χ0n) is 12.3. The van der Waals surface area contributed by atoms with Gasteiger partial charge in [0.05, 0.1) is 6.10 Å². The average Bonchev–Trinajstić information content (AvgIpc) is 2.79. The molecule has 3 fully saturated rings. The van der Waals surface area contributed by atoms with Crippen LogP contribution >= 0.6 is 0 Å². The molecule has 4 heteroatoms. The summed E-state index contributed by atoms with van der Waals surface area (Å²) in [5.41, 5.74) is 5.59. The minimum atomic E-state index is -0.730. The van der Waals surface area contributed by atoms with Gasteiger partial charge in [0.25, 0.3) is 0 Å². The zero-order valence-corrected chi connectivity index (χ0v) is 12.3. The van der Waals surface area contributed by atoms with E-state index in [1.807, 2.05) is 11.9 Å². The average molecular weight is 266 g/mol. The van der Waals surface area contributed by atoms with Crippen molar-refractivity contribution in [2.24, 2.45) is 23.0 Å². The second-order valence-corrected chi connectivity index (χ2v) is 7.26. The van der Waals surface area contributed by atoms with Crippen LogP contribution in [0.4, 0.5) is 0 Å². The molecule has 0 radical (unpaired) electrons. The molecule has 2 saturated carbocycles. The monoisotopic (exact) mass is 266 g/mol. The number of hydrogen-bond acceptors (Lipinski definition) is 3. The minimum absolute atomic E-state index is 0.121. The Balaban J connectivity index is 1.74. The number of fused-ring (bicyclic) bond motifs is 1. The molecular weight excluding hydrogens is 240 g/mol. The van der Waals surface area contributed by atoms with E-state index in [1.165, 1.54) is 19.3 Å². The van der Waals surface area contributed by atoms with Crippen LogP contribution in [0.25, 0.3) is 0 Å². The topological polar surface area (TPSA) is 55.6 Å². The van der Waals surface area contributed by atoms with Crippen LogP contribution in [0.2, 0.25) is 0 Å². The summed E-state index contributed by atoms with van der Waals surface area (Å²) in [6.45, 7) is 5.77. The van der Waals surface area contributed by atoms with Gasteiger partial charge in [-0.25, -0.2) is 0 Å². The summed E-state index contributed by atoms with van der Waals surface area (Å²) in [6, 6.07) is 0. The highest BCUT2D eigenvalue weighted by atomic mass is 16.5. The van der Waals surface area contributed by atoms with Crippen molar-refractivity contribution in [1.82, 2.24) is 4.90 Å². The van der Waals surface area contributed by atoms with Gasteiger partial charge in [-0.1, -0.05) is 20.3 Å². The lowest BCUT2D eigenvalue weighted by Crippen LogP contribution is -2.80. The standard InChI is InChI=1S/C15H26N2O2/c1-14(2)12-11(7-8-19-12)15(14,16)13(18)17(3)9-10-5-4-6-10/h10-12H,4-9,16H2,1-3H3. The van der Waals surface area contributed by atoms with E-state index in [0.29, 0.717) is 5.92 Å². The molecule has 0 spiro atoms. The van der Waals surface area contributed by atoms with E-state index in [1.54, 1.807) is 0 Å². The van der Waals surface area contributed by atoms with Crippen molar-refractivity contribution < 1.29 is 9.53 Å². The zero-order chi connectivity index (χ0) is 13.8. The SMILES string of the molecule is CN(CC1CCC1)C(=O)C1(N)C2CCOC2C1(C)C. The fourth-order valence-electron chi connectivity index (χ4n) is 4.28. The molecule has 3 aliphatic rings. The molecule has 3 atom stereocenters. The van der Waals surface area contributed by atoms with Gasteiger partial charge in [-0.15, -0.1) is 0 Å². The number of carbonyl (C=O) groups is 1. The Morgan fingerprint density at radius 3 is 2.63 bits per heavy atom. The maximum Gasteiger partial charge on any atom is 0.243 e. The van der Waals surface area contributed by atoms with Crippen LogP contribution in [0, 0.1) is 17.3 Å². The van der Waals surface area contributed by atoms with Crippen LogP contribution in [0.1, 0.15) is 39.5 Å². The molecule has 2 aliphatic carbocycles. The first-order valence-electron chi connectivity index (χ1n) is 7.55. The van der Waals surface area contributed by atoms with Gasteiger partial charge in [0, 0.05) is 31.5 Å². The van der Waals surface area contributed by atoms with Crippen LogP contribution in [0.5, 0.6) is 0 Å². The minimum Gasteiger partial charge on any atom is -0.377 e. The summed E-state index contributed by atoms with van der Waals surface area (Å²) in [5, 5.41) is 0. The second kappa shape index (κ2) is 4.19. The highest BCUT2D eigenvalue weighted by Crippen LogP contribution is 2.58. The first kappa shape index (κ1) is 13.4. The summed E-state index contributed by atoms with van der Waals surface area (Å²) in [5.74, 6) is 1.02. The molecule has 1 saturated heterocycles. The Morgan fingerprint density at radius 2 is 2.05 bits per heavy atom. The number of amides is 1. The molecular formula is C15H26N2O2. The van der Waals surface area contributed by atoms with Crippen LogP contribution in [0.3, 0.4) is 0 Å². The normalized spacial score (nSPS) is 40.2. The van der Waals surface area contributed by atoms with Gasteiger partial charge < -0.3 is 15.4 Å². The molecule has 1 amide bonds. The van der Waals surface area contributed by atoms with Crippen molar-refractivity contribution in [3.8, 4) is 0 Å². The molecule has 0 aromatic heterocycles. The van der Waals surface area contributed by atoms with Crippen LogP contribution in [-0.2, 0) is 9.53 Å². The van der Waals surface area contributed by atoms with Gasteiger partial charge in [0.1, 0.15) is 5.54 Å². The molecule has 0 aromatic rings. The van der Waals surface area contributed by atoms with Crippen LogP contribution in [0.15, 0.2) is 0 Å². The summed E-state index contributed by atoms with van der Waals surface area (Å²) in [7, 11) is 1.91. The molecule has 1 heterocycles. The van der Waals surface area contributed by atoms with Crippen molar-refractivity contribution in [3.63, 3.8) is 0 Å². The fraction of sp³-hybridized carbons (Fsp3) is 0.933. The fourth-order valence-corrected chi connectivity index (χ4v) is 4.28. The largest absolute Gasteiger partial charge is 0.377 e. The Hall–Kier alpha value is -0.610. The first-order valence-corrected chi connectivity index (χ1v) is 7.55. The third-order valence-electron chi connectivity index (χ3n) is 5.91. The number of hydrogen-bond donors (Lipinski definition) is 1. The molecule has 1 aliphatic heterocycles. The summed E-state index contributed by atoms with van der Waals surface area (Å²) in [6.07, 6.45) is 4.91. The number of carbonyl (C=O) groups excluding carboxylic acids is 1. The van der Waals surface area contributed by atoms with Gasteiger partial charge in [-0.05, 0) is 25.2 Å². The van der Waals surface area contributed by atoms with Crippen molar-refractivity contribution in [2.75, 3.05) is 20.2 Å². The molecule has 4 nitrogen and oxygen atoms in total. The highest BCUT2D eigenvalue weighted by molar-refractivity contribution is 5.89. The number of rotatable bonds is 3. The number of nitrogens with two attached hydrogens (primary N) is 1. The molecule has 19 heavy (non-hydrogen) atoms. The van der Waals surface area contributed by atoms with Crippen molar-refractivity contribution in [1.29, 1.82) is 0 Å². The Kier molecular flexibility index (Phi) is 2.95. The van der Waals surface area contributed by atoms with E-state index in [4.69, 9.17) is 10.5 Å². The van der Waals surface area contributed by atoms with Gasteiger partial charge >= 0.3 is 0 Å². The maximum atomic E-state index is 12.8. The second-order valence-electron chi connectivity index (χ2n) is 7.26. The van der Waals surface area contributed by atoms with Gasteiger partial charge in [-0.2, -0.15) is 0 Å². The van der Waals surface area contributed by atoms with Gasteiger partial charge in [0.2, 0.25) is 5.91 Å². The van der Waals surface area contributed by atoms with Crippen LogP contribution in [-0.4, -0.2) is 42.6 Å². The third-order valence-corrected chi connectivity index (χ3v) is 5.91. The summed E-state index contributed by atoms with van der Waals surface area (Å²) >= 11 is 0. The van der Waals surface area contributed by atoms with Crippen molar-refractivity contribution in [2.45, 2.75) is 51.2 Å². The lowest BCUT2D eigenvalue weighted by atomic mass is 9.47. The summed E-state index contributed by atoms with van der Waals surface area (Å²) in [4.78, 5) is 14.7. The van der Waals surface area contributed by atoms with Crippen molar-refractivity contribution in [3.05, 3.63) is 0 Å². The Morgan fingerprint density at radius 1 is 1.37 bits per heavy atom. The van der Waals surface area contributed by atoms with E-state index >= 15 is 0 Å². The molecule has 0 aromatic carbocycles. The molecule has 3 unspecified atom stereocenters. The van der Waals surface area contributed by atoms with E-state index < -0.39 is 5.54 Å². The predicted molar refractivity (Wildman–Crippen MR) is 73.5 cm³/mol. The number of likely N-dealkylation sites (N-methyl/N-ethyl adjacent to an activating group) is 1. The highest BCUT2D eigenvalue weighted by Gasteiger charge is 2.71. The van der Waals surface area contributed by atoms with Crippen molar-refractivity contribution >= 4 is 5.91 Å². The van der Waals surface area contributed by atoms with Gasteiger partial charge in [0.15, 0.2) is 0 Å². The summed E-state index contributed by atoms with van der Waals surface area (Å²) < 4.78 is 5.76. The predicted octanol–water partition coefficient (Wildman–Crippen LogP) is 1.39. The van der Waals surface area contributed by atoms with E-state index in [9.17, 15) is 4.79 Å². The lowest BCUT2D eigenvalue weighted by molar-refractivity contribution is -0.183. The van der Waals surface area contributed by atoms with E-state index in [0.717, 1.165) is 19.6 Å². The molecule has 108 valence electrons. The Bertz CT molecular complexity index is 392. The molecule has 3 rings (SSSR count). The van der Waals surface area contributed by atoms with Crippen LogP contribution < -0.4 is 5.73 Å². The number of ether oxygens (including phenoxy) is 1. The molecule has 0 bridgehead atoms. The maximum absolute atomic E-state index is 12.8. The Labute approximate surface area is 115 Å². The number of nitrogens with zero attached hydrogens (tertiary/aromatic N) is 1. The first-order chi connectivity index (χ1) is 8.89. The molecule has 2 N–H and O–H groups in total. The quantitative estimate of drug-likeness (QED) is 0.840. The van der Waals surface area contributed by atoms with Gasteiger partial charge in [-0.3, -0.25) is 4.79 Å². The van der Waals surface area contributed by atoms with E-state index in [2.05, 4.69) is 13.8 Å². The smallest absolute Gasteiger partial charge is 0.243 e. The lowest BCUT2D eigenvalue weighted by Gasteiger charge is -2.61.